The molecule has 0 unspecified atom stereocenters. The fraction of sp³-hybridized carbons (Fsp3) is 0.286. The summed E-state index contributed by atoms with van der Waals surface area (Å²) in [7, 11) is 0. The molecular formula is C28H29N3O3. The summed E-state index contributed by atoms with van der Waals surface area (Å²) in [4.78, 5) is 17.6. The maximum Gasteiger partial charge on any atom is 0.232 e. The third kappa shape index (κ3) is 5.06. The molecule has 0 atom stereocenters. The number of hydrogen-bond donors (Lipinski definition) is 0. The smallest absolute Gasteiger partial charge is 0.232 e. The summed E-state index contributed by atoms with van der Waals surface area (Å²) >= 11 is 0. The third-order valence-corrected chi connectivity index (χ3v) is 6.28. The number of carbonyl (C=O) groups is 1. The van der Waals surface area contributed by atoms with Crippen LogP contribution in [0, 0.1) is 0 Å². The Hall–Kier alpha value is -3.80. The number of anilines is 1. The monoisotopic (exact) mass is 455 g/mol. The molecule has 2 aromatic heterocycles. The van der Waals surface area contributed by atoms with Gasteiger partial charge in [0.15, 0.2) is 0 Å². The van der Waals surface area contributed by atoms with Gasteiger partial charge in [-0.2, -0.15) is 0 Å². The molecule has 1 amide bonds. The Labute approximate surface area is 199 Å². The van der Waals surface area contributed by atoms with Gasteiger partial charge in [-0.05, 0) is 37.0 Å². The van der Waals surface area contributed by atoms with Crippen LogP contribution in [0.4, 0.5) is 5.88 Å². The summed E-state index contributed by atoms with van der Waals surface area (Å²) in [5.41, 5.74) is 3.71. The van der Waals surface area contributed by atoms with Gasteiger partial charge in [-0.3, -0.25) is 4.79 Å². The molecule has 1 fully saturated rings. The van der Waals surface area contributed by atoms with Crippen LogP contribution in [-0.2, 0) is 24.3 Å². The zero-order chi connectivity index (χ0) is 23.2. The summed E-state index contributed by atoms with van der Waals surface area (Å²) in [6, 6.07) is 23.6. The second-order valence-corrected chi connectivity index (χ2v) is 8.72. The highest BCUT2D eigenvalue weighted by Crippen LogP contribution is 2.34. The van der Waals surface area contributed by atoms with E-state index in [1.807, 2.05) is 77.7 Å². The highest BCUT2D eigenvalue weighted by molar-refractivity contribution is 5.79. The molecule has 0 aliphatic carbocycles. The van der Waals surface area contributed by atoms with E-state index in [-0.39, 0.29) is 5.91 Å². The molecule has 1 saturated heterocycles. The molecule has 6 nitrogen and oxygen atoms in total. The van der Waals surface area contributed by atoms with Gasteiger partial charge in [-0.15, -0.1) is 0 Å². The van der Waals surface area contributed by atoms with Crippen LogP contribution in [0.3, 0.4) is 0 Å². The number of piperidine rings is 1. The Kier molecular flexibility index (Phi) is 6.75. The SMILES string of the molecule is O=C(Cc1ccccc1)N(Cc1ccco1)Cc1c(-c2ccccc2)noc1N1CCCCC1. The molecule has 0 spiro atoms. The Morgan fingerprint density at radius 1 is 0.882 bits per heavy atom. The van der Waals surface area contributed by atoms with Gasteiger partial charge in [0.2, 0.25) is 11.8 Å². The Morgan fingerprint density at radius 3 is 2.32 bits per heavy atom. The van der Waals surface area contributed by atoms with Crippen molar-refractivity contribution in [3.05, 3.63) is 95.9 Å². The topological polar surface area (TPSA) is 62.7 Å². The van der Waals surface area contributed by atoms with Crippen molar-refractivity contribution in [3.8, 4) is 11.3 Å². The first kappa shape index (κ1) is 22.0. The average Bonchev–Trinajstić information content (AvgIpc) is 3.55. The fourth-order valence-electron chi connectivity index (χ4n) is 4.51. The van der Waals surface area contributed by atoms with Crippen LogP contribution in [0.5, 0.6) is 0 Å². The van der Waals surface area contributed by atoms with Gasteiger partial charge in [0, 0.05) is 18.7 Å². The highest BCUT2D eigenvalue weighted by Gasteiger charge is 2.27. The van der Waals surface area contributed by atoms with Crippen LogP contribution in [0.15, 0.2) is 88.0 Å². The number of amides is 1. The molecule has 5 rings (SSSR count). The van der Waals surface area contributed by atoms with E-state index >= 15 is 0 Å². The summed E-state index contributed by atoms with van der Waals surface area (Å²) in [6.07, 6.45) is 5.45. The van der Waals surface area contributed by atoms with Gasteiger partial charge < -0.3 is 18.7 Å². The first-order valence-electron chi connectivity index (χ1n) is 11.9. The number of aromatic nitrogens is 1. The predicted molar refractivity (Wildman–Crippen MR) is 131 cm³/mol. The minimum absolute atomic E-state index is 0.0346. The molecule has 0 N–H and O–H groups in total. The van der Waals surface area contributed by atoms with E-state index in [0.717, 1.165) is 60.0 Å². The van der Waals surface area contributed by atoms with Crippen LogP contribution in [-0.4, -0.2) is 29.1 Å². The van der Waals surface area contributed by atoms with Crippen molar-refractivity contribution in [2.75, 3.05) is 18.0 Å². The molecule has 0 saturated carbocycles. The van der Waals surface area contributed by atoms with Crippen molar-refractivity contribution >= 4 is 11.8 Å². The third-order valence-electron chi connectivity index (χ3n) is 6.28. The minimum atomic E-state index is 0.0346. The van der Waals surface area contributed by atoms with Crippen molar-refractivity contribution in [3.63, 3.8) is 0 Å². The molecule has 3 heterocycles. The van der Waals surface area contributed by atoms with Crippen molar-refractivity contribution in [2.45, 2.75) is 38.8 Å². The quantitative estimate of drug-likeness (QED) is 0.341. The number of furan rings is 1. The maximum atomic E-state index is 13.5. The van der Waals surface area contributed by atoms with Crippen LogP contribution >= 0.6 is 0 Å². The zero-order valence-electron chi connectivity index (χ0n) is 19.2. The summed E-state index contributed by atoms with van der Waals surface area (Å²) in [6.45, 7) is 2.66. The molecule has 6 heteroatoms. The lowest BCUT2D eigenvalue weighted by Gasteiger charge is -2.28. The molecule has 1 aliphatic heterocycles. The van der Waals surface area contributed by atoms with Crippen molar-refractivity contribution in [1.29, 1.82) is 0 Å². The fourth-order valence-corrected chi connectivity index (χ4v) is 4.51. The van der Waals surface area contributed by atoms with Crippen LogP contribution in [0.1, 0.15) is 36.1 Å². The summed E-state index contributed by atoms with van der Waals surface area (Å²) < 4.78 is 11.5. The van der Waals surface area contributed by atoms with Gasteiger partial charge in [0.25, 0.3) is 0 Å². The summed E-state index contributed by atoms with van der Waals surface area (Å²) in [5, 5.41) is 4.48. The van der Waals surface area contributed by atoms with Gasteiger partial charge in [0.1, 0.15) is 11.5 Å². The maximum absolute atomic E-state index is 13.5. The second-order valence-electron chi connectivity index (χ2n) is 8.72. The van der Waals surface area contributed by atoms with Crippen LogP contribution in [0.25, 0.3) is 11.3 Å². The van der Waals surface area contributed by atoms with E-state index in [4.69, 9.17) is 8.94 Å². The van der Waals surface area contributed by atoms with Crippen molar-refractivity contribution < 1.29 is 13.7 Å². The van der Waals surface area contributed by atoms with Gasteiger partial charge >= 0.3 is 0 Å². The van der Waals surface area contributed by atoms with E-state index in [1.54, 1.807) is 6.26 Å². The molecule has 0 radical (unpaired) electrons. The Balaban J connectivity index is 1.49. The zero-order valence-corrected chi connectivity index (χ0v) is 19.2. The molecule has 0 bridgehead atoms. The van der Waals surface area contributed by atoms with E-state index in [1.165, 1.54) is 6.42 Å². The molecule has 4 aromatic rings. The lowest BCUT2D eigenvalue weighted by atomic mass is 10.0. The van der Waals surface area contributed by atoms with Gasteiger partial charge in [-0.25, -0.2) is 0 Å². The average molecular weight is 456 g/mol. The first-order valence-corrected chi connectivity index (χ1v) is 11.9. The van der Waals surface area contributed by atoms with Crippen LogP contribution in [0.2, 0.25) is 0 Å². The normalized spacial score (nSPS) is 13.7. The summed E-state index contributed by atoms with van der Waals surface area (Å²) in [5.74, 6) is 1.56. The largest absolute Gasteiger partial charge is 0.467 e. The van der Waals surface area contributed by atoms with E-state index in [9.17, 15) is 4.79 Å². The molecule has 2 aromatic carbocycles. The number of benzene rings is 2. The number of nitrogens with zero attached hydrogens (tertiary/aromatic N) is 3. The Morgan fingerprint density at radius 2 is 1.62 bits per heavy atom. The van der Waals surface area contributed by atoms with E-state index in [0.29, 0.717) is 19.5 Å². The molecular weight excluding hydrogens is 426 g/mol. The second kappa shape index (κ2) is 10.4. The molecule has 34 heavy (non-hydrogen) atoms. The van der Waals surface area contributed by atoms with Crippen molar-refractivity contribution in [2.24, 2.45) is 0 Å². The Bertz CT molecular complexity index is 1180. The minimum Gasteiger partial charge on any atom is -0.467 e. The molecule has 1 aliphatic rings. The van der Waals surface area contributed by atoms with Crippen LogP contribution < -0.4 is 4.90 Å². The van der Waals surface area contributed by atoms with E-state index in [2.05, 4.69) is 10.1 Å². The number of hydrogen-bond acceptors (Lipinski definition) is 5. The van der Waals surface area contributed by atoms with Gasteiger partial charge in [0.05, 0.1) is 31.3 Å². The van der Waals surface area contributed by atoms with Gasteiger partial charge in [-0.1, -0.05) is 65.8 Å². The first-order chi connectivity index (χ1) is 16.8. The predicted octanol–water partition coefficient (Wildman–Crippen LogP) is 5.70. The van der Waals surface area contributed by atoms with E-state index < -0.39 is 0 Å². The number of rotatable bonds is 8. The van der Waals surface area contributed by atoms with Crippen molar-refractivity contribution in [1.82, 2.24) is 10.1 Å². The molecule has 174 valence electrons. The lowest BCUT2D eigenvalue weighted by molar-refractivity contribution is -0.132. The highest BCUT2D eigenvalue weighted by atomic mass is 16.5. The standard InChI is InChI=1S/C28H29N3O3/c32-26(19-22-11-4-1-5-12-22)31(20-24-15-10-18-33-24)21-25-27(23-13-6-2-7-14-23)29-34-28(25)30-16-8-3-9-17-30/h1-2,4-7,10-15,18H,3,8-9,16-17,19-21H2. The lowest BCUT2D eigenvalue weighted by Crippen LogP contribution is -2.33. The number of carbonyl (C=O) groups excluding carboxylic acids is 1.